The first-order valence-electron chi connectivity index (χ1n) is 7.37. The molecule has 0 aliphatic rings. The van der Waals surface area contributed by atoms with Crippen molar-refractivity contribution in [3.63, 3.8) is 0 Å². The summed E-state index contributed by atoms with van der Waals surface area (Å²) in [6, 6.07) is 6.85. The van der Waals surface area contributed by atoms with Gasteiger partial charge >= 0.3 is 12.1 Å². The van der Waals surface area contributed by atoms with Gasteiger partial charge in [-0.25, -0.2) is 4.39 Å². The average Bonchev–Trinajstić information content (AvgIpc) is 2.86. The van der Waals surface area contributed by atoms with Crippen molar-refractivity contribution >= 4 is 28.5 Å². The zero-order valence-electron chi connectivity index (χ0n) is 13.0. The Morgan fingerprint density at radius 3 is 2.54 bits per heavy atom. The van der Waals surface area contributed by atoms with Crippen molar-refractivity contribution in [3.05, 3.63) is 64.1 Å². The van der Waals surface area contributed by atoms with Crippen LogP contribution in [-0.4, -0.2) is 20.9 Å². The molecule has 0 saturated carbocycles. The van der Waals surface area contributed by atoms with E-state index in [4.69, 9.17) is 16.7 Å². The molecule has 1 N–H and O–H groups in total. The van der Waals surface area contributed by atoms with Gasteiger partial charge in [0.25, 0.3) is 0 Å². The van der Waals surface area contributed by atoms with E-state index in [1.807, 2.05) is 0 Å². The lowest BCUT2D eigenvalue weighted by molar-refractivity contribution is -0.138. The number of alkyl halides is 3. The Labute approximate surface area is 149 Å². The number of hydrogen-bond acceptors (Lipinski definition) is 2. The third-order valence-electron chi connectivity index (χ3n) is 3.81. The third-order valence-corrected chi connectivity index (χ3v) is 4.04. The van der Waals surface area contributed by atoms with E-state index in [9.17, 15) is 22.4 Å². The molecule has 0 bridgehead atoms. The summed E-state index contributed by atoms with van der Waals surface area (Å²) in [5.74, 6) is -1.80. The lowest BCUT2D eigenvalue weighted by atomic mass is 10.1. The molecule has 136 valence electrons. The molecule has 3 aromatic rings. The predicted molar refractivity (Wildman–Crippen MR) is 86.6 cm³/mol. The number of rotatable bonds is 4. The lowest BCUT2D eigenvalue weighted by Gasteiger charge is -2.09. The molecule has 26 heavy (non-hydrogen) atoms. The van der Waals surface area contributed by atoms with Crippen LogP contribution in [-0.2, 0) is 23.9 Å². The second-order valence-corrected chi connectivity index (χ2v) is 6.08. The minimum absolute atomic E-state index is 0.0745. The molecule has 0 atom stereocenters. The SMILES string of the molecule is O=C(O)Cc1nn(Cc2ccc(Cl)cc2F)c2cc(C(F)(F)F)ccc12. The van der Waals surface area contributed by atoms with E-state index in [0.717, 1.165) is 22.9 Å². The fourth-order valence-electron chi connectivity index (χ4n) is 2.62. The van der Waals surface area contributed by atoms with Gasteiger partial charge in [-0.1, -0.05) is 23.7 Å². The highest BCUT2D eigenvalue weighted by Crippen LogP contribution is 2.32. The number of aliphatic carboxylic acids is 1. The van der Waals surface area contributed by atoms with E-state index in [-0.39, 0.29) is 33.7 Å². The second-order valence-electron chi connectivity index (χ2n) is 5.64. The minimum atomic E-state index is -4.57. The Hall–Kier alpha value is -2.61. The molecule has 0 amide bonds. The van der Waals surface area contributed by atoms with Crippen LogP contribution in [0.1, 0.15) is 16.8 Å². The Bertz CT molecular complexity index is 998. The summed E-state index contributed by atoms with van der Waals surface area (Å²) in [6.45, 7) is -0.166. The average molecular weight is 387 g/mol. The minimum Gasteiger partial charge on any atom is -0.481 e. The maximum absolute atomic E-state index is 14.0. The standard InChI is InChI=1S/C17H11ClF4N2O2/c18-11-3-1-9(13(19)6-11)8-24-15-5-10(17(20,21)22)2-4-12(15)14(23-24)7-16(25)26/h1-6H,7-8H2,(H,25,26). The molecule has 3 rings (SSSR count). The van der Waals surface area contributed by atoms with Crippen molar-refractivity contribution in [1.29, 1.82) is 0 Å². The van der Waals surface area contributed by atoms with Crippen molar-refractivity contribution in [3.8, 4) is 0 Å². The first-order valence-corrected chi connectivity index (χ1v) is 7.75. The molecule has 0 fully saturated rings. The van der Waals surface area contributed by atoms with Crippen molar-refractivity contribution in [2.75, 3.05) is 0 Å². The van der Waals surface area contributed by atoms with Crippen LogP contribution in [0, 0.1) is 5.82 Å². The number of carboxylic acids is 1. The van der Waals surface area contributed by atoms with Crippen LogP contribution in [0.3, 0.4) is 0 Å². The molecule has 2 aromatic carbocycles. The zero-order valence-corrected chi connectivity index (χ0v) is 13.8. The molecule has 0 unspecified atom stereocenters. The van der Waals surface area contributed by atoms with Gasteiger partial charge in [-0.2, -0.15) is 18.3 Å². The number of aromatic nitrogens is 2. The number of hydrogen-bond donors (Lipinski definition) is 1. The molecule has 1 aromatic heterocycles. The number of carboxylic acid groups (broad SMARTS) is 1. The normalized spacial score (nSPS) is 11.9. The summed E-state index contributed by atoms with van der Waals surface area (Å²) in [5.41, 5.74) is -0.552. The van der Waals surface area contributed by atoms with Crippen molar-refractivity contribution in [2.45, 2.75) is 19.1 Å². The summed E-state index contributed by atoms with van der Waals surface area (Å²) < 4.78 is 54.2. The quantitative estimate of drug-likeness (QED) is 0.671. The molecule has 0 aliphatic heterocycles. The second kappa shape index (κ2) is 6.60. The number of nitrogens with zero attached hydrogens (tertiary/aromatic N) is 2. The molecule has 0 aliphatic carbocycles. The van der Waals surface area contributed by atoms with Crippen LogP contribution < -0.4 is 0 Å². The number of carbonyl (C=O) groups is 1. The molecule has 0 radical (unpaired) electrons. The summed E-state index contributed by atoms with van der Waals surface area (Å²) in [4.78, 5) is 11.0. The van der Waals surface area contributed by atoms with Crippen LogP contribution in [0.15, 0.2) is 36.4 Å². The van der Waals surface area contributed by atoms with Crippen molar-refractivity contribution in [1.82, 2.24) is 9.78 Å². The number of halogens is 5. The fourth-order valence-corrected chi connectivity index (χ4v) is 2.78. The highest BCUT2D eigenvalue weighted by atomic mass is 35.5. The van der Waals surface area contributed by atoms with Gasteiger partial charge in [0.15, 0.2) is 0 Å². The van der Waals surface area contributed by atoms with Gasteiger partial charge in [0.05, 0.1) is 29.7 Å². The molecular weight excluding hydrogens is 376 g/mol. The van der Waals surface area contributed by atoms with E-state index in [2.05, 4.69) is 5.10 Å². The van der Waals surface area contributed by atoms with Gasteiger partial charge in [0, 0.05) is 16.0 Å². The van der Waals surface area contributed by atoms with Crippen LogP contribution in [0.4, 0.5) is 17.6 Å². The molecule has 4 nitrogen and oxygen atoms in total. The Balaban J connectivity index is 2.14. The Kier molecular flexibility index (Phi) is 4.62. The van der Waals surface area contributed by atoms with E-state index < -0.39 is 29.9 Å². The smallest absolute Gasteiger partial charge is 0.416 e. The van der Waals surface area contributed by atoms with Gasteiger partial charge in [0.1, 0.15) is 5.82 Å². The molecule has 0 saturated heterocycles. The van der Waals surface area contributed by atoms with E-state index in [1.165, 1.54) is 18.2 Å². The number of fused-ring (bicyclic) bond motifs is 1. The Morgan fingerprint density at radius 2 is 1.92 bits per heavy atom. The predicted octanol–water partition coefficient (Wildman–Crippen LogP) is 4.52. The van der Waals surface area contributed by atoms with Crippen LogP contribution in [0.25, 0.3) is 10.9 Å². The van der Waals surface area contributed by atoms with Gasteiger partial charge in [-0.05, 0) is 24.3 Å². The molecular formula is C17H11ClF4N2O2. The van der Waals surface area contributed by atoms with Crippen LogP contribution >= 0.6 is 11.6 Å². The monoisotopic (exact) mass is 386 g/mol. The zero-order chi connectivity index (χ0) is 19.1. The van der Waals surface area contributed by atoms with Crippen LogP contribution in [0.5, 0.6) is 0 Å². The first-order chi connectivity index (χ1) is 12.1. The third kappa shape index (κ3) is 3.65. The summed E-state index contributed by atoms with van der Waals surface area (Å²) >= 11 is 5.69. The van der Waals surface area contributed by atoms with Gasteiger partial charge in [-0.15, -0.1) is 0 Å². The maximum atomic E-state index is 14.0. The van der Waals surface area contributed by atoms with E-state index >= 15 is 0 Å². The van der Waals surface area contributed by atoms with E-state index in [1.54, 1.807) is 0 Å². The summed E-state index contributed by atoms with van der Waals surface area (Å²) in [7, 11) is 0. The highest BCUT2D eigenvalue weighted by Gasteiger charge is 2.31. The van der Waals surface area contributed by atoms with Crippen molar-refractivity contribution < 1.29 is 27.5 Å². The van der Waals surface area contributed by atoms with Gasteiger partial charge in [-0.3, -0.25) is 9.48 Å². The summed E-state index contributed by atoms with van der Waals surface area (Å²) in [5, 5.41) is 13.5. The maximum Gasteiger partial charge on any atom is 0.416 e. The number of benzene rings is 2. The topological polar surface area (TPSA) is 55.1 Å². The van der Waals surface area contributed by atoms with Gasteiger partial charge in [0.2, 0.25) is 0 Å². The molecule has 1 heterocycles. The highest BCUT2D eigenvalue weighted by molar-refractivity contribution is 6.30. The first kappa shape index (κ1) is 18.2. The van der Waals surface area contributed by atoms with Gasteiger partial charge < -0.3 is 5.11 Å². The fraction of sp³-hybridized carbons (Fsp3) is 0.176. The molecule has 9 heteroatoms. The van der Waals surface area contributed by atoms with Crippen molar-refractivity contribution in [2.24, 2.45) is 0 Å². The molecule has 0 spiro atoms. The van der Waals surface area contributed by atoms with E-state index in [0.29, 0.717) is 0 Å². The Morgan fingerprint density at radius 1 is 1.19 bits per heavy atom. The lowest BCUT2D eigenvalue weighted by Crippen LogP contribution is -2.07. The largest absolute Gasteiger partial charge is 0.481 e. The summed E-state index contributed by atoms with van der Waals surface area (Å²) in [6.07, 6.45) is -5.03. The van der Waals surface area contributed by atoms with Crippen LogP contribution in [0.2, 0.25) is 5.02 Å².